The molecular formula is C16H17N3O. The van der Waals surface area contributed by atoms with E-state index in [-0.39, 0.29) is 5.91 Å². The van der Waals surface area contributed by atoms with Crippen LogP contribution >= 0.6 is 0 Å². The topological polar surface area (TPSA) is 54.0 Å². The van der Waals surface area contributed by atoms with Crippen molar-refractivity contribution in [1.82, 2.24) is 4.98 Å². The highest BCUT2D eigenvalue weighted by Gasteiger charge is 2.10. The number of aromatic nitrogens is 1. The Balaban J connectivity index is 1.67. The van der Waals surface area contributed by atoms with Gasteiger partial charge in [-0.15, -0.1) is 0 Å². The fraction of sp³-hybridized carbons (Fsp3) is 0.250. The number of pyridine rings is 1. The number of benzene rings is 1. The number of carbonyl (C=O) groups is 1. The van der Waals surface area contributed by atoms with Gasteiger partial charge >= 0.3 is 0 Å². The molecule has 1 aromatic heterocycles. The molecule has 102 valence electrons. The second-order valence-corrected chi connectivity index (χ2v) is 4.95. The minimum Gasteiger partial charge on any atom is -0.385 e. The van der Waals surface area contributed by atoms with E-state index in [1.165, 1.54) is 11.3 Å². The zero-order valence-corrected chi connectivity index (χ0v) is 11.2. The maximum absolute atomic E-state index is 12.0. The summed E-state index contributed by atoms with van der Waals surface area (Å²) in [4.78, 5) is 16.1. The molecule has 0 spiro atoms. The van der Waals surface area contributed by atoms with Gasteiger partial charge in [0.1, 0.15) is 0 Å². The SMILES string of the molecule is O=C(Cc1ccccn1)Nc1ccc2c(c1)CCCN2. The van der Waals surface area contributed by atoms with Gasteiger partial charge in [-0.1, -0.05) is 6.07 Å². The van der Waals surface area contributed by atoms with Crippen LogP contribution in [0.1, 0.15) is 17.7 Å². The van der Waals surface area contributed by atoms with Gasteiger partial charge in [-0.25, -0.2) is 0 Å². The Morgan fingerprint density at radius 3 is 3.10 bits per heavy atom. The van der Waals surface area contributed by atoms with Crippen molar-refractivity contribution >= 4 is 17.3 Å². The summed E-state index contributed by atoms with van der Waals surface area (Å²) in [7, 11) is 0. The van der Waals surface area contributed by atoms with Crippen molar-refractivity contribution in [2.75, 3.05) is 17.2 Å². The third-order valence-corrected chi connectivity index (χ3v) is 3.40. The fourth-order valence-corrected chi connectivity index (χ4v) is 2.43. The molecule has 3 rings (SSSR count). The lowest BCUT2D eigenvalue weighted by atomic mass is 10.0. The molecule has 20 heavy (non-hydrogen) atoms. The summed E-state index contributed by atoms with van der Waals surface area (Å²) in [5.74, 6) is -0.0348. The van der Waals surface area contributed by atoms with Crippen LogP contribution in [0.25, 0.3) is 0 Å². The zero-order valence-electron chi connectivity index (χ0n) is 11.2. The molecule has 0 saturated carbocycles. The Hall–Kier alpha value is -2.36. The van der Waals surface area contributed by atoms with Gasteiger partial charge in [0.2, 0.25) is 5.91 Å². The monoisotopic (exact) mass is 267 g/mol. The minimum absolute atomic E-state index is 0.0348. The second kappa shape index (κ2) is 5.74. The molecule has 1 aliphatic heterocycles. The van der Waals surface area contributed by atoms with Crippen LogP contribution in [0.5, 0.6) is 0 Å². The van der Waals surface area contributed by atoms with E-state index in [9.17, 15) is 4.79 Å². The van der Waals surface area contributed by atoms with Gasteiger partial charge in [0, 0.05) is 29.8 Å². The molecule has 0 atom stereocenters. The molecule has 0 fully saturated rings. The zero-order chi connectivity index (χ0) is 13.8. The van der Waals surface area contributed by atoms with Crippen molar-refractivity contribution in [3.8, 4) is 0 Å². The van der Waals surface area contributed by atoms with Gasteiger partial charge in [0.25, 0.3) is 0 Å². The highest BCUT2D eigenvalue weighted by Crippen LogP contribution is 2.25. The molecule has 2 aromatic rings. The van der Waals surface area contributed by atoms with Crippen LogP contribution in [0, 0.1) is 0 Å². The molecule has 1 aromatic carbocycles. The summed E-state index contributed by atoms with van der Waals surface area (Å²) >= 11 is 0. The molecule has 0 unspecified atom stereocenters. The molecule has 1 amide bonds. The molecule has 2 heterocycles. The first-order chi connectivity index (χ1) is 9.81. The van der Waals surface area contributed by atoms with Gasteiger partial charge in [-0.05, 0) is 48.7 Å². The molecular weight excluding hydrogens is 250 g/mol. The number of fused-ring (bicyclic) bond motifs is 1. The first-order valence-corrected chi connectivity index (χ1v) is 6.88. The summed E-state index contributed by atoms with van der Waals surface area (Å²) in [6.07, 6.45) is 4.20. The Bertz CT molecular complexity index is 610. The summed E-state index contributed by atoms with van der Waals surface area (Å²) in [5, 5.41) is 6.29. The van der Waals surface area contributed by atoms with Crippen molar-refractivity contribution in [2.45, 2.75) is 19.3 Å². The molecule has 0 aliphatic carbocycles. The van der Waals surface area contributed by atoms with Gasteiger partial charge in [0.15, 0.2) is 0 Å². The lowest BCUT2D eigenvalue weighted by Gasteiger charge is -2.18. The highest BCUT2D eigenvalue weighted by atomic mass is 16.1. The van der Waals surface area contributed by atoms with Gasteiger partial charge in [0.05, 0.1) is 6.42 Å². The standard InChI is InChI=1S/C16H17N3O/c20-16(11-13-5-1-2-8-17-13)19-14-6-7-15-12(10-14)4-3-9-18-15/h1-2,5-8,10,18H,3-4,9,11H2,(H,19,20). The van der Waals surface area contributed by atoms with Crippen molar-refractivity contribution in [3.63, 3.8) is 0 Å². The predicted molar refractivity (Wildman–Crippen MR) is 79.8 cm³/mol. The predicted octanol–water partition coefficient (Wildman–Crippen LogP) is 2.62. The molecule has 0 radical (unpaired) electrons. The van der Waals surface area contributed by atoms with Gasteiger partial charge < -0.3 is 10.6 Å². The van der Waals surface area contributed by atoms with Crippen LogP contribution in [-0.2, 0) is 17.6 Å². The quantitative estimate of drug-likeness (QED) is 0.898. The molecule has 0 bridgehead atoms. The number of nitrogens with zero attached hydrogens (tertiary/aromatic N) is 1. The van der Waals surface area contributed by atoms with Crippen LogP contribution in [0.2, 0.25) is 0 Å². The van der Waals surface area contributed by atoms with Gasteiger partial charge in [-0.2, -0.15) is 0 Å². The maximum Gasteiger partial charge on any atom is 0.230 e. The number of carbonyl (C=O) groups excluding carboxylic acids is 1. The van der Waals surface area contributed by atoms with E-state index in [4.69, 9.17) is 0 Å². The largest absolute Gasteiger partial charge is 0.385 e. The molecule has 4 nitrogen and oxygen atoms in total. The average molecular weight is 267 g/mol. The Morgan fingerprint density at radius 2 is 2.25 bits per heavy atom. The van der Waals surface area contributed by atoms with Crippen molar-refractivity contribution in [2.24, 2.45) is 0 Å². The van der Waals surface area contributed by atoms with Crippen LogP contribution in [-0.4, -0.2) is 17.4 Å². The summed E-state index contributed by atoms with van der Waals surface area (Å²) in [5.41, 5.74) is 4.09. The number of aryl methyl sites for hydroxylation is 1. The van der Waals surface area contributed by atoms with Gasteiger partial charge in [-0.3, -0.25) is 9.78 Å². The Kier molecular flexibility index (Phi) is 3.63. The third-order valence-electron chi connectivity index (χ3n) is 3.40. The maximum atomic E-state index is 12.0. The summed E-state index contributed by atoms with van der Waals surface area (Å²) in [6, 6.07) is 11.6. The van der Waals surface area contributed by atoms with E-state index in [0.29, 0.717) is 6.42 Å². The molecule has 0 saturated heterocycles. The fourth-order valence-electron chi connectivity index (χ4n) is 2.43. The van der Waals surface area contributed by atoms with E-state index < -0.39 is 0 Å². The van der Waals surface area contributed by atoms with Crippen molar-refractivity contribution in [3.05, 3.63) is 53.9 Å². The van der Waals surface area contributed by atoms with E-state index in [0.717, 1.165) is 30.8 Å². The normalized spacial score (nSPS) is 13.2. The smallest absolute Gasteiger partial charge is 0.230 e. The molecule has 1 aliphatic rings. The van der Waals surface area contributed by atoms with E-state index in [2.05, 4.69) is 21.7 Å². The number of hydrogen-bond acceptors (Lipinski definition) is 3. The Labute approximate surface area is 118 Å². The lowest BCUT2D eigenvalue weighted by molar-refractivity contribution is -0.115. The lowest BCUT2D eigenvalue weighted by Crippen LogP contribution is -2.16. The summed E-state index contributed by atoms with van der Waals surface area (Å²) < 4.78 is 0. The number of anilines is 2. The first-order valence-electron chi connectivity index (χ1n) is 6.88. The van der Waals surface area contributed by atoms with E-state index in [1.807, 2.05) is 30.3 Å². The van der Waals surface area contributed by atoms with Crippen molar-refractivity contribution in [1.29, 1.82) is 0 Å². The molecule has 4 heteroatoms. The van der Waals surface area contributed by atoms with Crippen LogP contribution in [0.15, 0.2) is 42.6 Å². The number of rotatable bonds is 3. The third kappa shape index (κ3) is 2.96. The number of amides is 1. The minimum atomic E-state index is -0.0348. The second-order valence-electron chi connectivity index (χ2n) is 4.95. The van der Waals surface area contributed by atoms with Crippen molar-refractivity contribution < 1.29 is 4.79 Å². The highest BCUT2D eigenvalue weighted by molar-refractivity contribution is 5.92. The average Bonchev–Trinajstić information content (AvgIpc) is 2.48. The van der Waals surface area contributed by atoms with E-state index >= 15 is 0 Å². The van der Waals surface area contributed by atoms with E-state index in [1.54, 1.807) is 6.20 Å². The molecule has 2 N–H and O–H groups in total. The number of nitrogens with one attached hydrogen (secondary N) is 2. The Morgan fingerprint density at radius 1 is 1.30 bits per heavy atom. The number of hydrogen-bond donors (Lipinski definition) is 2. The first kappa shape index (κ1) is 12.7. The van der Waals surface area contributed by atoms with Crippen LogP contribution in [0.4, 0.5) is 11.4 Å². The van der Waals surface area contributed by atoms with Crippen LogP contribution in [0.3, 0.4) is 0 Å². The summed E-state index contributed by atoms with van der Waals surface area (Å²) in [6.45, 7) is 1.03. The van der Waals surface area contributed by atoms with Crippen LogP contribution < -0.4 is 10.6 Å².